The zero-order chi connectivity index (χ0) is 13.5. The molecule has 0 spiro atoms. The van der Waals surface area contributed by atoms with E-state index in [9.17, 15) is 4.79 Å². The minimum absolute atomic E-state index is 0.0142. The molecule has 1 fully saturated rings. The summed E-state index contributed by atoms with van der Waals surface area (Å²) < 4.78 is 5.55. The van der Waals surface area contributed by atoms with E-state index < -0.39 is 0 Å². The molecule has 0 aromatic rings. The van der Waals surface area contributed by atoms with Gasteiger partial charge in [-0.05, 0) is 26.7 Å². The van der Waals surface area contributed by atoms with Gasteiger partial charge < -0.3 is 9.64 Å². The van der Waals surface area contributed by atoms with Gasteiger partial charge in [-0.15, -0.1) is 0 Å². The van der Waals surface area contributed by atoms with Crippen LogP contribution in [0, 0.1) is 0 Å². The van der Waals surface area contributed by atoms with Crippen molar-refractivity contribution in [2.75, 3.05) is 13.2 Å². The molecule has 1 aliphatic heterocycles. The standard InChI is InChI=1S/C14H28N2O2/c1-5-8-12-14(17)16(10-11(4)18-7-3)13(15-12)9-6-2/h11-13,15H,5-10H2,1-4H3. The van der Waals surface area contributed by atoms with Crippen molar-refractivity contribution in [2.24, 2.45) is 0 Å². The highest BCUT2D eigenvalue weighted by atomic mass is 16.5. The predicted molar refractivity (Wildman–Crippen MR) is 73.3 cm³/mol. The molecule has 0 aliphatic carbocycles. The van der Waals surface area contributed by atoms with Crippen LogP contribution in [0.3, 0.4) is 0 Å². The zero-order valence-electron chi connectivity index (χ0n) is 12.2. The number of amides is 1. The molecule has 1 amide bonds. The summed E-state index contributed by atoms with van der Waals surface area (Å²) in [6.07, 6.45) is 4.38. The third-order valence-corrected chi connectivity index (χ3v) is 3.40. The average molecular weight is 256 g/mol. The van der Waals surface area contributed by atoms with Crippen molar-refractivity contribution in [2.45, 2.75) is 71.7 Å². The van der Waals surface area contributed by atoms with Crippen LogP contribution in [0.1, 0.15) is 53.4 Å². The molecule has 4 heteroatoms. The summed E-state index contributed by atoms with van der Waals surface area (Å²) in [4.78, 5) is 14.3. The van der Waals surface area contributed by atoms with Crippen LogP contribution in [0.25, 0.3) is 0 Å². The molecule has 3 atom stereocenters. The maximum Gasteiger partial charge on any atom is 0.241 e. The van der Waals surface area contributed by atoms with Crippen LogP contribution in [0.5, 0.6) is 0 Å². The first-order valence-electron chi connectivity index (χ1n) is 7.32. The molecule has 4 nitrogen and oxygen atoms in total. The van der Waals surface area contributed by atoms with Crippen LogP contribution >= 0.6 is 0 Å². The number of ether oxygens (including phenoxy) is 1. The molecule has 0 radical (unpaired) electrons. The monoisotopic (exact) mass is 256 g/mol. The number of hydrogen-bond acceptors (Lipinski definition) is 3. The van der Waals surface area contributed by atoms with Crippen molar-refractivity contribution >= 4 is 5.91 Å². The molecule has 3 unspecified atom stereocenters. The molecule has 18 heavy (non-hydrogen) atoms. The molecule has 1 saturated heterocycles. The first kappa shape index (κ1) is 15.4. The van der Waals surface area contributed by atoms with Gasteiger partial charge in [0.25, 0.3) is 0 Å². The summed E-state index contributed by atoms with van der Waals surface area (Å²) in [6, 6.07) is 0.0142. The van der Waals surface area contributed by atoms with E-state index in [1.54, 1.807) is 0 Å². The Morgan fingerprint density at radius 1 is 1.28 bits per heavy atom. The van der Waals surface area contributed by atoms with E-state index in [1.165, 1.54) is 0 Å². The van der Waals surface area contributed by atoms with Gasteiger partial charge in [-0.2, -0.15) is 0 Å². The fraction of sp³-hybridized carbons (Fsp3) is 0.929. The molecule has 1 N–H and O–H groups in total. The van der Waals surface area contributed by atoms with E-state index in [-0.39, 0.29) is 24.2 Å². The second kappa shape index (κ2) is 7.74. The Hall–Kier alpha value is -0.610. The maximum absolute atomic E-state index is 12.3. The lowest BCUT2D eigenvalue weighted by atomic mass is 10.1. The Morgan fingerprint density at radius 2 is 1.94 bits per heavy atom. The van der Waals surface area contributed by atoms with E-state index in [4.69, 9.17) is 4.74 Å². The van der Waals surface area contributed by atoms with Crippen molar-refractivity contribution in [1.29, 1.82) is 0 Å². The fourth-order valence-corrected chi connectivity index (χ4v) is 2.59. The van der Waals surface area contributed by atoms with Crippen molar-refractivity contribution in [3.05, 3.63) is 0 Å². The van der Waals surface area contributed by atoms with E-state index >= 15 is 0 Å². The third kappa shape index (κ3) is 3.95. The van der Waals surface area contributed by atoms with Crippen molar-refractivity contribution < 1.29 is 9.53 Å². The molecule has 0 aromatic carbocycles. The first-order valence-corrected chi connectivity index (χ1v) is 7.32. The second-order valence-electron chi connectivity index (χ2n) is 5.07. The quantitative estimate of drug-likeness (QED) is 0.723. The maximum atomic E-state index is 12.3. The van der Waals surface area contributed by atoms with E-state index in [0.717, 1.165) is 25.7 Å². The third-order valence-electron chi connectivity index (χ3n) is 3.40. The fourth-order valence-electron chi connectivity index (χ4n) is 2.59. The number of carbonyl (C=O) groups is 1. The predicted octanol–water partition coefficient (Wildman–Crippen LogP) is 2.14. The van der Waals surface area contributed by atoms with Crippen molar-refractivity contribution in [3.8, 4) is 0 Å². The van der Waals surface area contributed by atoms with Gasteiger partial charge in [-0.3, -0.25) is 10.1 Å². The van der Waals surface area contributed by atoms with Crippen LogP contribution in [0.15, 0.2) is 0 Å². The lowest BCUT2D eigenvalue weighted by molar-refractivity contribution is -0.132. The molecule has 1 aliphatic rings. The van der Waals surface area contributed by atoms with Crippen molar-refractivity contribution in [1.82, 2.24) is 10.2 Å². The van der Waals surface area contributed by atoms with Crippen LogP contribution in [0.2, 0.25) is 0 Å². The Labute approximate surface area is 111 Å². The molecular weight excluding hydrogens is 228 g/mol. The molecule has 1 heterocycles. The Balaban J connectivity index is 2.62. The normalized spacial score (nSPS) is 25.8. The average Bonchev–Trinajstić information content (AvgIpc) is 2.59. The van der Waals surface area contributed by atoms with Crippen LogP contribution in [-0.4, -0.2) is 42.3 Å². The highest BCUT2D eigenvalue weighted by Crippen LogP contribution is 2.18. The summed E-state index contributed by atoms with van der Waals surface area (Å²) in [5.41, 5.74) is 0. The molecular formula is C14H28N2O2. The lowest BCUT2D eigenvalue weighted by Crippen LogP contribution is -2.41. The summed E-state index contributed by atoms with van der Waals surface area (Å²) in [5.74, 6) is 0.252. The Bertz CT molecular complexity index is 258. The van der Waals surface area contributed by atoms with E-state index in [1.807, 2.05) is 18.7 Å². The van der Waals surface area contributed by atoms with Crippen LogP contribution in [0.4, 0.5) is 0 Å². The molecule has 0 bridgehead atoms. The van der Waals surface area contributed by atoms with Gasteiger partial charge in [0, 0.05) is 13.2 Å². The number of nitrogens with zero attached hydrogens (tertiary/aromatic N) is 1. The molecule has 0 saturated carbocycles. The van der Waals surface area contributed by atoms with Gasteiger partial charge in [0.05, 0.1) is 18.3 Å². The summed E-state index contributed by atoms with van der Waals surface area (Å²) in [5, 5.41) is 3.46. The van der Waals surface area contributed by atoms with Gasteiger partial charge in [0.15, 0.2) is 0 Å². The number of carbonyl (C=O) groups excluding carboxylic acids is 1. The molecule has 0 aromatic heterocycles. The smallest absolute Gasteiger partial charge is 0.241 e. The number of hydrogen-bond donors (Lipinski definition) is 1. The highest BCUT2D eigenvalue weighted by molar-refractivity contribution is 5.84. The second-order valence-corrected chi connectivity index (χ2v) is 5.07. The lowest BCUT2D eigenvalue weighted by Gasteiger charge is -2.26. The van der Waals surface area contributed by atoms with Crippen LogP contribution < -0.4 is 5.32 Å². The summed E-state index contributed by atoms with van der Waals surface area (Å²) in [6.45, 7) is 9.70. The van der Waals surface area contributed by atoms with Gasteiger partial charge in [-0.25, -0.2) is 0 Å². The zero-order valence-corrected chi connectivity index (χ0v) is 12.2. The van der Waals surface area contributed by atoms with Gasteiger partial charge >= 0.3 is 0 Å². The summed E-state index contributed by atoms with van der Waals surface area (Å²) in [7, 11) is 0. The SMILES string of the molecule is CCCC1NC(CCC)N(CC(C)OCC)C1=O. The number of nitrogens with one attached hydrogen (secondary N) is 1. The van der Waals surface area contributed by atoms with E-state index in [0.29, 0.717) is 13.2 Å². The minimum Gasteiger partial charge on any atom is -0.377 e. The molecule has 106 valence electrons. The summed E-state index contributed by atoms with van der Waals surface area (Å²) >= 11 is 0. The topological polar surface area (TPSA) is 41.6 Å². The number of rotatable bonds is 8. The van der Waals surface area contributed by atoms with E-state index in [2.05, 4.69) is 19.2 Å². The minimum atomic E-state index is 0.0142. The van der Waals surface area contributed by atoms with Gasteiger partial charge in [-0.1, -0.05) is 26.7 Å². The largest absolute Gasteiger partial charge is 0.377 e. The first-order chi connectivity index (χ1) is 8.63. The van der Waals surface area contributed by atoms with Gasteiger partial charge in [0.2, 0.25) is 5.91 Å². The van der Waals surface area contributed by atoms with Crippen LogP contribution in [-0.2, 0) is 9.53 Å². The Morgan fingerprint density at radius 3 is 2.50 bits per heavy atom. The molecule has 1 rings (SSSR count). The Kier molecular flexibility index (Phi) is 6.65. The van der Waals surface area contributed by atoms with Gasteiger partial charge in [0.1, 0.15) is 0 Å². The van der Waals surface area contributed by atoms with Crippen molar-refractivity contribution in [3.63, 3.8) is 0 Å². The highest BCUT2D eigenvalue weighted by Gasteiger charge is 2.37.